The van der Waals surface area contributed by atoms with Gasteiger partial charge >= 0.3 is 0 Å². The van der Waals surface area contributed by atoms with Gasteiger partial charge in [0.2, 0.25) is 0 Å². The highest BCUT2D eigenvalue weighted by molar-refractivity contribution is 5.42. The van der Waals surface area contributed by atoms with E-state index in [1.54, 1.807) is 12.1 Å². The second kappa shape index (κ2) is 4.82. The summed E-state index contributed by atoms with van der Waals surface area (Å²) in [6.45, 7) is 2.36. The molecule has 1 rings (SSSR count). The second-order valence-corrected chi connectivity index (χ2v) is 2.95. The van der Waals surface area contributed by atoms with E-state index in [4.69, 9.17) is 0 Å². The minimum Gasteiger partial charge on any atom is -0.391 e. The third-order valence-electron chi connectivity index (χ3n) is 1.84. The Bertz CT molecular complexity index is 265. The minimum atomic E-state index is -0.372. The fourth-order valence-electron chi connectivity index (χ4n) is 0.978. The van der Waals surface area contributed by atoms with E-state index in [1.165, 1.54) is 12.1 Å². The molecule has 1 aromatic rings. The van der Waals surface area contributed by atoms with Gasteiger partial charge in [0.25, 0.3) is 0 Å². The van der Waals surface area contributed by atoms with Crippen LogP contribution in [0, 0.1) is 5.82 Å². The number of rotatable bonds is 4. The summed E-state index contributed by atoms with van der Waals surface area (Å²) in [6, 6.07) is 6.20. The van der Waals surface area contributed by atoms with Crippen molar-refractivity contribution in [2.45, 2.75) is 19.4 Å². The average Bonchev–Trinajstić information content (AvgIpc) is 2.14. The summed E-state index contributed by atoms with van der Waals surface area (Å²) in [5.74, 6) is -0.268. The number of hydrogen-bond acceptors (Lipinski definition) is 2. The predicted molar refractivity (Wildman–Crippen MR) is 51.2 cm³/mol. The van der Waals surface area contributed by atoms with Gasteiger partial charge in [-0.15, -0.1) is 0 Å². The van der Waals surface area contributed by atoms with Gasteiger partial charge in [-0.05, 0) is 24.6 Å². The fourth-order valence-corrected chi connectivity index (χ4v) is 0.978. The predicted octanol–water partition coefficient (Wildman–Crippen LogP) is 2.01. The maximum Gasteiger partial charge on any atom is 0.125 e. The second-order valence-electron chi connectivity index (χ2n) is 2.95. The molecule has 0 aliphatic heterocycles. The number of benzene rings is 1. The lowest BCUT2D eigenvalue weighted by molar-refractivity contribution is 0.183. The van der Waals surface area contributed by atoms with Gasteiger partial charge in [0.05, 0.1) is 6.10 Å². The van der Waals surface area contributed by atoms with Gasteiger partial charge in [-0.1, -0.05) is 13.0 Å². The summed E-state index contributed by atoms with van der Waals surface area (Å²) in [5.41, 5.74) is 0.701. The third-order valence-corrected chi connectivity index (χ3v) is 1.84. The van der Waals surface area contributed by atoms with Crippen LogP contribution in [0.25, 0.3) is 0 Å². The molecule has 0 amide bonds. The average molecular weight is 183 g/mol. The van der Waals surface area contributed by atoms with Crippen molar-refractivity contribution in [3.8, 4) is 0 Å². The zero-order chi connectivity index (χ0) is 9.68. The molecule has 0 aliphatic carbocycles. The molecule has 0 radical (unpaired) electrons. The van der Waals surface area contributed by atoms with Gasteiger partial charge in [0, 0.05) is 12.2 Å². The first-order valence-corrected chi connectivity index (χ1v) is 4.40. The molecule has 0 spiro atoms. The molecule has 1 unspecified atom stereocenters. The van der Waals surface area contributed by atoms with E-state index in [1.807, 2.05) is 6.92 Å². The van der Waals surface area contributed by atoms with Gasteiger partial charge in [0.15, 0.2) is 0 Å². The lowest BCUT2D eigenvalue weighted by Gasteiger charge is -2.10. The van der Waals surface area contributed by atoms with Crippen LogP contribution in [0.15, 0.2) is 24.3 Å². The molecule has 0 fully saturated rings. The van der Waals surface area contributed by atoms with Crippen molar-refractivity contribution in [3.63, 3.8) is 0 Å². The van der Waals surface area contributed by atoms with E-state index in [9.17, 15) is 9.50 Å². The van der Waals surface area contributed by atoms with Crippen LogP contribution in [0.4, 0.5) is 10.1 Å². The van der Waals surface area contributed by atoms with E-state index in [0.29, 0.717) is 18.7 Å². The minimum absolute atomic E-state index is 0.268. The summed E-state index contributed by atoms with van der Waals surface area (Å²) < 4.78 is 12.7. The van der Waals surface area contributed by atoms with Crippen molar-refractivity contribution in [3.05, 3.63) is 30.1 Å². The molecule has 0 saturated heterocycles. The van der Waals surface area contributed by atoms with Gasteiger partial charge in [-0.2, -0.15) is 0 Å². The van der Waals surface area contributed by atoms with E-state index >= 15 is 0 Å². The zero-order valence-corrected chi connectivity index (χ0v) is 7.63. The van der Waals surface area contributed by atoms with Crippen LogP contribution in [0.2, 0.25) is 0 Å². The van der Waals surface area contributed by atoms with Gasteiger partial charge in [-0.25, -0.2) is 4.39 Å². The molecule has 0 saturated carbocycles. The Kier molecular flexibility index (Phi) is 3.71. The number of halogens is 1. The smallest absolute Gasteiger partial charge is 0.125 e. The molecule has 1 atom stereocenters. The third kappa shape index (κ3) is 3.42. The van der Waals surface area contributed by atoms with Crippen molar-refractivity contribution in [2.75, 3.05) is 11.9 Å². The van der Waals surface area contributed by atoms with Crippen LogP contribution in [0.3, 0.4) is 0 Å². The Hall–Kier alpha value is -1.09. The lowest BCUT2D eigenvalue weighted by atomic mass is 10.2. The maximum absolute atomic E-state index is 12.7. The Morgan fingerprint density at radius 1 is 1.54 bits per heavy atom. The number of anilines is 1. The van der Waals surface area contributed by atoms with E-state index in [0.717, 1.165) is 0 Å². The van der Waals surface area contributed by atoms with Crippen LogP contribution in [-0.4, -0.2) is 17.8 Å². The largest absolute Gasteiger partial charge is 0.391 e. The van der Waals surface area contributed by atoms with Gasteiger partial charge in [-0.3, -0.25) is 0 Å². The van der Waals surface area contributed by atoms with E-state index in [2.05, 4.69) is 5.32 Å². The normalized spacial score (nSPS) is 12.5. The van der Waals surface area contributed by atoms with E-state index < -0.39 is 0 Å². The summed E-state index contributed by atoms with van der Waals surface area (Å²) >= 11 is 0. The Morgan fingerprint density at radius 3 is 2.92 bits per heavy atom. The highest BCUT2D eigenvalue weighted by atomic mass is 19.1. The van der Waals surface area contributed by atoms with Crippen LogP contribution in [0.5, 0.6) is 0 Å². The quantitative estimate of drug-likeness (QED) is 0.748. The molecule has 0 bridgehead atoms. The molecule has 72 valence electrons. The molecule has 2 N–H and O–H groups in total. The summed E-state index contributed by atoms with van der Waals surface area (Å²) in [5, 5.41) is 12.2. The molecule has 13 heavy (non-hydrogen) atoms. The van der Waals surface area contributed by atoms with Crippen molar-refractivity contribution in [1.82, 2.24) is 0 Å². The SMILES string of the molecule is CCC(O)CNc1cccc(F)c1. The van der Waals surface area contributed by atoms with Crippen molar-refractivity contribution < 1.29 is 9.50 Å². The number of nitrogens with one attached hydrogen (secondary N) is 1. The molecular formula is C10H14FNO. The number of aliphatic hydroxyl groups excluding tert-OH is 1. The Labute approximate surface area is 77.4 Å². The molecule has 0 aliphatic rings. The number of hydrogen-bond donors (Lipinski definition) is 2. The van der Waals surface area contributed by atoms with Crippen LogP contribution < -0.4 is 5.32 Å². The molecular weight excluding hydrogens is 169 g/mol. The Balaban J connectivity index is 2.45. The molecule has 3 heteroatoms. The van der Waals surface area contributed by atoms with Crippen LogP contribution in [-0.2, 0) is 0 Å². The molecule has 0 heterocycles. The standard InChI is InChI=1S/C10H14FNO/c1-2-10(13)7-12-9-5-3-4-8(11)6-9/h3-6,10,12-13H,2,7H2,1H3. The maximum atomic E-state index is 12.7. The first-order chi connectivity index (χ1) is 6.22. The molecule has 1 aromatic carbocycles. The lowest BCUT2D eigenvalue weighted by Crippen LogP contribution is -2.18. The van der Waals surface area contributed by atoms with Crippen molar-refractivity contribution >= 4 is 5.69 Å². The van der Waals surface area contributed by atoms with Crippen LogP contribution >= 0.6 is 0 Å². The van der Waals surface area contributed by atoms with Crippen LogP contribution in [0.1, 0.15) is 13.3 Å². The monoisotopic (exact) mass is 183 g/mol. The van der Waals surface area contributed by atoms with E-state index in [-0.39, 0.29) is 11.9 Å². The van der Waals surface area contributed by atoms with Crippen molar-refractivity contribution in [1.29, 1.82) is 0 Å². The summed E-state index contributed by atoms with van der Waals surface area (Å²) in [7, 11) is 0. The van der Waals surface area contributed by atoms with Gasteiger partial charge in [0.1, 0.15) is 5.82 Å². The first-order valence-electron chi connectivity index (χ1n) is 4.40. The fraction of sp³-hybridized carbons (Fsp3) is 0.400. The number of aliphatic hydroxyl groups is 1. The Morgan fingerprint density at radius 2 is 2.31 bits per heavy atom. The summed E-state index contributed by atoms with van der Waals surface area (Å²) in [6.07, 6.45) is 0.325. The zero-order valence-electron chi connectivity index (χ0n) is 7.63. The molecule has 2 nitrogen and oxygen atoms in total. The van der Waals surface area contributed by atoms with Gasteiger partial charge < -0.3 is 10.4 Å². The first kappa shape index (κ1) is 9.99. The highest BCUT2D eigenvalue weighted by Crippen LogP contribution is 2.08. The highest BCUT2D eigenvalue weighted by Gasteiger charge is 2.00. The van der Waals surface area contributed by atoms with Crippen molar-refractivity contribution in [2.24, 2.45) is 0 Å². The topological polar surface area (TPSA) is 32.3 Å². The molecule has 0 aromatic heterocycles. The summed E-state index contributed by atoms with van der Waals surface area (Å²) in [4.78, 5) is 0.